The summed E-state index contributed by atoms with van der Waals surface area (Å²) in [6, 6.07) is 15.4. The molecule has 0 aliphatic rings. The first-order valence-electron chi connectivity index (χ1n) is 8.85. The number of ether oxygens (including phenoxy) is 2. The van der Waals surface area contributed by atoms with Gasteiger partial charge in [-0.3, -0.25) is 0 Å². The van der Waals surface area contributed by atoms with Crippen LogP contribution in [-0.2, 0) is 4.57 Å². The largest absolute Gasteiger partial charge is 0.647 e. The molecule has 0 unspecified atom stereocenters. The van der Waals surface area contributed by atoms with Gasteiger partial charge in [-0.05, 0) is 60.7 Å². The van der Waals surface area contributed by atoms with E-state index in [2.05, 4.69) is 9.47 Å². The van der Waals surface area contributed by atoms with Crippen molar-refractivity contribution in [1.82, 2.24) is 0 Å². The van der Waals surface area contributed by atoms with E-state index in [0.29, 0.717) is 0 Å². The van der Waals surface area contributed by atoms with Crippen molar-refractivity contribution < 1.29 is 54.0 Å². The summed E-state index contributed by atoms with van der Waals surface area (Å²) in [6.07, 6.45) is -9.81. The van der Waals surface area contributed by atoms with Gasteiger partial charge < -0.3 is 23.0 Å². The zero-order valence-corrected chi connectivity index (χ0v) is 17.1. The number of halogens is 6. The van der Waals surface area contributed by atoms with Crippen LogP contribution in [0, 0.1) is 0 Å². The molecule has 33 heavy (non-hydrogen) atoms. The van der Waals surface area contributed by atoms with Gasteiger partial charge in [-0.15, -0.1) is 26.3 Å². The molecule has 0 aliphatic heterocycles. The maximum atomic E-state index is 13.3. The third-order valence-electron chi connectivity index (χ3n) is 3.51. The lowest BCUT2D eigenvalue weighted by molar-refractivity contribution is -0.275. The average Bonchev–Trinajstić information content (AvgIpc) is 2.69. The summed E-state index contributed by atoms with van der Waals surface area (Å²) in [6.45, 7) is 0. The molecule has 0 atom stereocenters. The number of phosphoric ester groups is 1. The number of alkyl halides is 6. The zero-order chi connectivity index (χ0) is 24.1. The quantitative estimate of drug-likeness (QED) is 0.245. The lowest BCUT2D eigenvalue weighted by Gasteiger charge is -2.20. The van der Waals surface area contributed by atoms with Crippen LogP contribution in [0.5, 0.6) is 28.7 Å². The molecule has 0 amide bonds. The molecular weight excluding hydrogens is 481 g/mol. The molecule has 0 saturated heterocycles. The predicted molar refractivity (Wildman–Crippen MR) is 102 cm³/mol. The number of rotatable bonds is 8. The molecule has 13 heteroatoms. The Hall–Kier alpha value is -3.53. The molecular formula is C20H13F6O6P. The van der Waals surface area contributed by atoms with E-state index in [1.165, 1.54) is 12.1 Å². The van der Waals surface area contributed by atoms with Crippen LogP contribution in [-0.4, -0.2) is 12.7 Å². The topological polar surface area (TPSA) is 63.2 Å². The fourth-order valence-electron chi connectivity index (χ4n) is 2.33. The molecule has 0 radical (unpaired) electrons. The predicted octanol–water partition coefficient (Wildman–Crippen LogP) is 7.13. The Kier molecular flexibility index (Phi) is 6.97. The highest BCUT2D eigenvalue weighted by molar-refractivity contribution is 7.49. The van der Waals surface area contributed by atoms with Gasteiger partial charge in [-0.2, -0.15) is 4.57 Å². The Balaban J connectivity index is 1.80. The molecule has 3 aromatic rings. The third-order valence-corrected chi connectivity index (χ3v) is 4.81. The minimum Gasteiger partial charge on any atom is -0.406 e. The Morgan fingerprint density at radius 3 is 1.12 bits per heavy atom. The van der Waals surface area contributed by atoms with E-state index in [9.17, 15) is 30.9 Å². The van der Waals surface area contributed by atoms with Crippen molar-refractivity contribution in [1.29, 1.82) is 0 Å². The van der Waals surface area contributed by atoms with E-state index in [1.807, 2.05) is 0 Å². The lowest BCUT2D eigenvalue weighted by Crippen LogP contribution is -2.17. The van der Waals surface area contributed by atoms with Crippen LogP contribution in [0.2, 0.25) is 0 Å². The first kappa shape index (κ1) is 24.1. The van der Waals surface area contributed by atoms with Crippen molar-refractivity contribution in [2.75, 3.05) is 0 Å². The molecule has 0 N–H and O–H groups in total. The third kappa shape index (κ3) is 8.15. The van der Waals surface area contributed by atoms with E-state index in [1.54, 1.807) is 18.2 Å². The van der Waals surface area contributed by atoms with Crippen LogP contribution in [0.15, 0.2) is 78.9 Å². The van der Waals surface area contributed by atoms with Crippen molar-refractivity contribution in [2.24, 2.45) is 0 Å². The summed E-state index contributed by atoms with van der Waals surface area (Å²) in [5.41, 5.74) is 0. The standard InChI is InChI=1S/C20H13F6O6P/c21-19(22,23)28-14-6-10-17(11-7-14)31-33(27,30-16-4-2-1-3-5-16)32-18-12-8-15(9-13-18)29-20(24,25)26/h1-13H. The minimum absolute atomic E-state index is 0.0647. The number of hydrogen-bond acceptors (Lipinski definition) is 6. The highest BCUT2D eigenvalue weighted by atomic mass is 31.2. The molecule has 0 saturated carbocycles. The number of hydrogen-bond donors (Lipinski definition) is 0. The van der Waals surface area contributed by atoms with Gasteiger partial charge in [0, 0.05) is 0 Å². The molecule has 0 aromatic heterocycles. The summed E-state index contributed by atoms with van der Waals surface area (Å²) in [4.78, 5) is 0. The lowest BCUT2D eigenvalue weighted by atomic mass is 10.3. The van der Waals surface area contributed by atoms with Crippen molar-refractivity contribution >= 4 is 7.82 Å². The van der Waals surface area contributed by atoms with E-state index >= 15 is 0 Å². The zero-order valence-electron chi connectivity index (χ0n) is 16.2. The van der Waals surface area contributed by atoms with Crippen LogP contribution in [0.1, 0.15) is 0 Å². The fourth-order valence-corrected chi connectivity index (χ4v) is 3.58. The normalized spacial score (nSPS) is 12.1. The van der Waals surface area contributed by atoms with E-state index in [0.717, 1.165) is 48.5 Å². The monoisotopic (exact) mass is 494 g/mol. The van der Waals surface area contributed by atoms with Gasteiger partial charge in [-0.1, -0.05) is 18.2 Å². The SMILES string of the molecule is O=P(Oc1ccccc1)(Oc1ccc(OC(F)(F)F)cc1)Oc1ccc(OC(F)(F)F)cc1. The van der Waals surface area contributed by atoms with Crippen LogP contribution < -0.4 is 23.0 Å². The fraction of sp³-hybridized carbons (Fsp3) is 0.100. The summed E-state index contributed by atoms with van der Waals surface area (Å²) in [7, 11) is -4.52. The van der Waals surface area contributed by atoms with Gasteiger partial charge in [0.1, 0.15) is 28.7 Å². The second-order valence-electron chi connectivity index (χ2n) is 6.07. The highest BCUT2D eigenvalue weighted by Crippen LogP contribution is 2.50. The summed E-state index contributed by atoms with van der Waals surface area (Å²) in [5, 5.41) is 0. The summed E-state index contributed by atoms with van der Waals surface area (Å²) < 4.78 is 110. The first-order chi connectivity index (χ1) is 15.4. The Morgan fingerprint density at radius 1 is 0.485 bits per heavy atom. The van der Waals surface area contributed by atoms with Crippen LogP contribution in [0.3, 0.4) is 0 Å². The van der Waals surface area contributed by atoms with Gasteiger partial charge in [0.25, 0.3) is 0 Å². The molecule has 0 bridgehead atoms. The first-order valence-corrected chi connectivity index (χ1v) is 10.3. The number of benzene rings is 3. The van der Waals surface area contributed by atoms with Gasteiger partial charge in [0.2, 0.25) is 0 Å². The summed E-state index contributed by atoms with van der Waals surface area (Å²) in [5.74, 6) is -1.42. The van der Waals surface area contributed by atoms with Crippen molar-refractivity contribution in [3.63, 3.8) is 0 Å². The van der Waals surface area contributed by atoms with Crippen molar-refractivity contribution in [3.8, 4) is 28.7 Å². The van der Waals surface area contributed by atoms with Gasteiger partial charge in [0.05, 0.1) is 0 Å². The molecule has 0 heterocycles. The molecule has 176 valence electrons. The average molecular weight is 494 g/mol. The molecule has 0 fully saturated rings. The molecule has 3 rings (SSSR count). The molecule has 3 aromatic carbocycles. The second kappa shape index (κ2) is 9.53. The minimum atomic E-state index is -4.90. The Bertz CT molecular complexity index is 1020. The van der Waals surface area contributed by atoms with Gasteiger partial charge in [-0.25, -0.2) is 0 Å². The van der Waals surface area contributed by atoms with Crippen molar-refractivity contribution in [3.05, 3.63) is 78.9 Å². The number of para-hydroxylation sites is 1. The van der Waals surface area contributed by atoms with Gasteiger partial charge in [0.15, 0.2) is 0 Å². The van der Waals surface area contributed by atoms with Crippen LogP contribution >= 0.6 is 7.82 Å². The van der Waals surface area contributed by atoms with Crippen LogP contribution in [0.25, 0.3) is 0 Å². The molecule has 6 nitrogen and oxygen atoms in total. The Labute approximate surface area is 182 Å². The van der Waals surface area contributed by atoms with Gasteiger partial charge >= 0.3 is 20.5 Å². The molecule has 0 aliphatic carbocycles. The number of phosphoric acid groups is 1. The van der Waals surface area contributed by atoms with Crippen LogP contribution in [0.4, 0.5) is 26.3 Å². The second-order valence-corrected chi connectivity index (χ2v) is 7.51. The summed E-state index contributed by atoms with van der Waals surface area (Å²) >= 11 is 0. The van der Waals surface area contributed by atoms with E-state index < -0.39 is 32.0 Å². The Morgan fingerprint density at radius 2 is 0.788 bits per heavy atom. The van der Waals surface area contributed by atoms with Crippen molar-refractivity contribution in [2.45, 2.75) is 12.7 Å². The molecule has 0 spiro atoms. The maximum absolute atomic E-state index is 13.3. The van der Waals surface area contributed by atoms with E-state index in [4.69, 9.17) is 13.6 Å². The maximum Gasteiger partial charge on any atom is 0.647 e. The smallest absolute Gasteiger partial charge is 0.406 e. The highest BCUT2D eigenvalue weighted by Gasteiger charge is 2.35. The van der Waals surface area contributed by atoms with E-state index in [-0.39, 0.29) is 17.2 Å².